The summed E-state index contributed by atoms with van der Waals surface area (Å²) in [7, 11) is 1.69. The van der Waals surface area contributed by atoms with Gasteiger partial charge in [-0.1, -0.05) is 12.1 Å². The molecule has 1 aromatic rings. The van der Waals surface area contributed by atoms with Crippen molar-refractivity contribution in [2.45, 2.75) is 19.1 Å². The van der Waals surface area contributed by atoms with E-state index in [-0.39, 0.29) is 5.25 Å². The quantitative estimate of drug-likeness (QED) is 0.692. The minimum atomic E-state index is 0.223. The van der Waals surface area contributed by atoms with Crippen molar-refractivity contribution >= 4 is 12.6 Å². The number of thiol groups is 1. The van der Waals surface area contributed by atoms with E-state index in [1.165, 1.54) is 5.56 Å². The van der Waals surface area contributed by atoms with Crippen molar-refractivity contribution in [3.05, 3.63) is 29.3 Å². The summed E-state index contributed by atoms with van der Waals surface area (Å²) >= 11 is 4.37. The van der Waals surface area contributed by atoms with Crippen LogP contribution in [0.1, 0.15) is 23.3 Å². The lowest BCUT2D eigenvalue weighted by Gasteiger charge is -2.11. The number of methoxy groups -OCH3 is 1. The minimum absolute atomic E-state index is 0.223. The van der Waals surface area contributed by atoms with Crippen molar-refractivity contribution in [2.75, 3.05) is 7.11 Å². The molecule has 0 saturated carbocycles. The summed E-state index contributed by atoms with van der Waals surface area (Å²) in [4.78, 5) is 0. The van der Waals surface area contributed by atoms with Crippen molar-refractivity contribution in [1.82, 2.24) is 0 Å². The smallest absolute Gasteiger partial charge is 0.123 e. The molecule has 1 rings (SSSR count). The highest BCUT2D eigenvalue weighted by Crippen LogP contribution is 2.29. The maximum absolute atomic E-state index is 5.24. The molecule has 0 aliphatic heterocycles. The molecule has 0 amide bonds. The van der Waals surface area contributed by atoms with Crippen LogP contribution < -0.4 is 4.74 Å². The van der Waals surface area contributed by atoms with Crippen LogP contribution in [-0.4, -0.2) is 7.11 Å². The maximum Gasteiger partial charge on any atom is 0.123 e. The van der Waals surface area contributed by atoms with E-state index in [0.29, 0.717) is 0 Å². The van der Waals surface area contributed by atoms with Crippen LogP contribution in [0.5, 0.6) is 5.75 Å². The molecule has 1 atom stereocenters. The molecule has 0 saturated heterocycles. The van der Waals surface area contributed by atoms with Crippen molar-refractivity contribution in [3.8, 4) is 5.75 Å². The van der Waals surface area contributed by atoms with Gasteiger partial charge >= 0.3 is 0 Å². The Kier molecular flexibility index (Phi) is 3.04. The summed E-state index contributed by atoms with van der Waals surface area (Å²) in [5.41, 5.74) is 2.36. The van der Waals surface area contributed by atoms with Crippen LogP contribution >= 0.6 is 12.6 Å². The Balaban J connectivity index is 3.11. The molecule has 1 unspecified atom stereocenters. The molecule has 12 heavy (non-hydrogen) atoms. The van der Waals surface area contributed by atoms with E-state index in [1.54, 1.807) is 7.11 Å². The molecular weight excluding hydrogens is 168 g/mol. The summed E-state index contributed by atoms with van der Waals surface area (Å²) in [6.07, 6.45) is 0. The zero-order valence-corrected chi connectivity index (χ0v) is 8.56. The average molecular weight is 182 g/mol. The summed E-state index contributed by atoms with van der Waals surface area (Å²) in [6, 6.07) is 6.17. The molecule has 0 N–H and O–H groups in total. The number of hydrogen-bond acceptors (Lipinski definition) is 2. The van der Waals surface area contributed by atoms with Gasteiger partial charge in [-0.25, -0.2) is 0 Å². The highest BCUT2D eigenvalue weighted by Gasteiger charge is 2.06. The molecule has 0 aliphatic rings. The average Bonchev–Trinajstić information content (AvgIpc) is 2.03. The van der Waals surface area contributed by atoms with Crippen LogP contribution in [0.4, 0.5) is 0 Å². The highest BCUT2D eigenvalue weighted by molar-refractivity contribution is 7.80. The predicted octanol–water partition coefficient (Wildman–Crippen LogP) is 2.99. The number of ether oxygens (including phenoxy) is 1. The van der Waals surface area contributed by atoms with Crippen molar-refractivity contribution in [1.29, 1.82) is 0 Å². The van der Waals surface area contributed by atoms with Crippen LogP contribution in [0.3, 0.4) is 0 Å². The Morgan fingerprint density at radius 3 is 2.58 bits per heavy atom. The van der Waals surface area contributed by atoms with Gasteiger partial charge in [-0.15, -0.1) is 0 Å². The Hall–Kier alpha value is -0.630. The van der Waals surface area contributed by atoms with E-state index in [1.807, 2.05) is 13.0 Å². The first kappa shape index (κ1) is 9.46. The summed E-state index contributed by atoms with van der Waals surface area (Å²) < 4.78 is 5.24. The lowest BCUT2D eigenvalue weighted by molar-refractivity contribution is 0.409. The van der Waals surface area contributed by atoms with E-state index in [0.717, 1.165) is 11.3 Å². The molecule has 0 spiro atoms. The minimum Gasteiger partial charge on any atom is -0.496 e. The lowest BCUT2D eigenvalue weighted by Crippen LogP contribution is -1.92. The first-order valence-corrected chi connectivity index (χ1v) is 4.49. The van der Waals surface area contributed by atoms with E-state index in [2.05, 4.69) is 31.7 Å². The standard InChI is InChI=1S/C10H14OS/c1-7-4-5-9(8(2)12)10(6-7)11-3/h4-6,8,12H,1-3H3. The zero-order chi connectivity index (χ0) is 9.14. The Labute approximate surface area is 79.2 Å². The molecule has 0 bridgehead atoms. The third-order valence-corrected chi connectivity index (χ3v) is 2.12. The van der Waals surface area contributed by atoms with Crippen LogP contribution in [0.2, 0.25) is 0 Å². The first-order valence-electron chi connectivity index (χ1n) is 3.97. The van der Waals surface area contributed by atoms with E-state index in [9.17, 15) is 0 Å². The topological polar surface area (TPSA) is 9.23 Å². The van der Waals surface area contributed by atoms with Crippen LogP contribution in [-0.2, 0) is 0 Å². The fraction of sp³-hybridized carbons (Fsp3) is 0.400. The van der Waals surface area contributed by atoms with Gasteiger partial charge in [0.15, 0.2) is 0 Å². The second kappa shape index (κ2) is 3.85. The van der Waals surface area contributed by atoms with Crippen LogP contribution in [0.15, 0.2) is 18.2 Å². The maximum atomic E-state index is 5.24. The Bertz CT molecular complexity index is 269. The molecule has 1 aromatic carbocycles. The van der Waals surface area contributed by atoms with Crippen LogP contribution in [0, 0.1) is 6.92 Å². The van der Waals surface area contributed by atoms with Gasteiger partial charge in [0.2, 0.25) is 0 Å². The third-order valence-electron chi connectivity index (χ3n) is 1.84. The molecule has 66 valence electrons. The van der Waals surface area contributed by atoms with Crippen molar-refractivity contribution in [2.24, 2.45) is 0 Å². The SMILES string of the molecule is COc1cc(C)ccc1C(C)S. The van der Waals surface area contributed by atoms with E-state index >= 15 is 0 Å². The molecule has 0 fully saturated rings. The van der Waals surface area contributed by atoms with Gasteiger partial charge in [0, 0.05) is 10.8 Å². The number of aryl methyl sites for hydroxylation is 1. The molecule has 0 aromatic heterocycles. The highest BCUT2D eigenvalue weighted by atomic mass is 32.1. The monoisotopic (exact) mass is 182 g/mol. The van der Waals surface area contributed by atoms with Crippen molar-refractivity contribution in [3.63, 3.8) is 0 Å². The number of benzene rings is 1. The molecule has 0 heterocycles. The number of rotatable bonds is 2. The summed E-state index contributed by atoms with van der Waals surface area (Å²) in [5.74, 6) is 0.928. The molecule has 1 nitrogen and oxygen atoms in total. The van der Waals surface area contributed by atoms with E-state index in [4.69, 9.17) is 4.74 Å². The fourth-order valence-corrected chi connectivity index (χ4v) is 1.38. The van der Waals surface area contributed by atoms with Gasteiger partial charge in [-0.3, -0.25) is 0 Å². The predicted molar refractivity (Wildman–Crippen MR) is 55.1 cm³/mol. The van der Waals surface area contributed by atoms with Gasteiger partial charge in [0.25, 0.3) is 0 Å². The molecule has 0 radical (unpaired) electrons. The summed E-state index contributed by atoms with van der Waals surface area (Å²) in [6.45, 7) is 4.09. The summed E-state index contributed by atoms with van der Waals surface area (Å²) in [5, 5.41) is 0.223. The van der Waals surface area contributed by atoms with Crippen molar-refractivity contribution < 1.29 is 4.74 Å². The fourth-order valence-electron chi connectivity index (χ4n) is 1.16. The Morgan fingerprint density at radius 2 is 2.08 bits per heavy atom. The third kappa shape index (κ3) is 1.95. The van der Waals surface area contributed by atoms with Gasteiger partial charge in [-0.05, 0) is 25.5 Å². The second-order valence-electron chi connectivity index (χ2n) is 2.92. The zero-order valence-electron chi connectivity index (χ0n) is 7.66. The first-order chi connectivity index (χ1) is 5.65. The second-order valence-corrected chi connectivity index (χ2v) is 3.70. The molecule has 0 aliphatic carbocycles. The van der Waals surface area contributed by atoms with Gasteiger partial charge in [-0.2, -0.15) is 12.6 Å². The number of hydrogen-bond donors (Lipinski definition) is 1. The largest absolute Gasteiger partial charge is 0.496 e. The Morgan fingerprint density at radius 1 is 1.42 bits per heavy atom. The molecular formula is C10H14OS. The van der Waals surface area contributed by atoms with Gasteiger partial charge in [0.05, 0.1) is 7.11 Å². The van der Waals surface area contributed by atoms with E-state index < -0.39 is 0 Å². The van der Waals surface area contributed by atoms with Crippen LogP contribution in [0.25, 0.3) is 0 Å². The van der Waals surface area contributed by atoms with Gasteiger partial charge < -0.3 is 4.74 Å². The normalized spacial score (nSPS) is 12.7. The lowest BCUT2D eigenvalue weighted by atomic mass is 10.1. The van der Waals surface area contributed by atoms with Gasteiger partial charge in [0.1, 0.15) is 5.75 Å². The molecule has 2 heteroatoms.